The highest BCUT2D eigenvalue weighted by molar-refractivity contribution is 5.86. The van der Waals surface area contributed by atoms with Gasteiger partial charge in [0.05, 0.1) is 30.5 Å². The molecule has 0 saturated carbocycles. The molecule has 49 heavy (non-hydrogen) atoms. The molecule has 10 nitrogen and oxygen atoms in total. The van der Waals surface area contributed by atoms with Crippen molar-refractivity contribution in [3.63, 3.8) is 0 Å². The van der Waals surface area contributed by atoms with E-state index in [1.54, 1.807) is 17.1 Å². The van der Waals surface area contributed by atoms with Crippen LogP contribution >= 0.6 is 0 Å². The third-order valence-electron chi connectivity index (χ3n) is 8.76. The summed E-state index contributed by atoms with van der Waals surface area (Å²) in [5.41, 5.74) is 1.93. The second-order valence-corrected chi connectivity index (χ2v) is 12.6. The molecule has 3 N–H and O–H groups in total. The van der Waals surface area contributed by atoms with E-state index in [1.807, 2.05) is 60.7 Å². The van der Waals surface area contributed by atoms with Gasteiger partial charge in [0.25, 0.3) is 0 Å². The molecule has 2 aromatic carbocycles. The Bertz CT molecular complexity index is 1320. The van der Waals surface area contributed by atoms with Gasteiger partial charge in [0.1, 0.15) is 13.2 Å². The predicted octanol–water partition coefficient (Wildman–Crippen LogP) is 5.50. The van der Waals surface area contributed by atoms with Gasteiger partial charge < -0.3 is 30.1 Å². The highest BCUT2D eigenvalue weighted by atomic mass is 16.5. The Morgan fingerprint density at radius 1 is 0.918 bits per heavy atom. The molecule has 0 aromatic heterocycles. The average Bonchev–Trinajstić information content (AvgIpc) is 3.61. The van der Waals surface area contributed by atoms with Crippen LogP contribution in [0, 0.1) is 11.8 Å². The number of nitrogens with zero attached hydrogens (tertiary/aromatic N) is 1. The van der Waals surface area contributed by atoms with Gasteiger partial charge in [-0.05, 0) is 68.9 Å². The number of ether oxygens (including phenoxy) is 2. The zero-order valence-electron chi connectivity index (χ0n) is 28.6. The second-order valence-electron chi connectivity index (χ2n) is 12.6. The van der Waals surface area contributed by atoms with Crippen LogP contribution in [-0.2, 0) is 36.9 Å². The van der Waals surface area contributed by atoms with Gasteiger partial charge in [0.2, 0.25) is 11.8 Å². The fraction of sp³-hybridized carbons (Fsp3) is 0.487. The van der Waals surface area contributed by atoms with Crippen molar-refractivity contribution >= 4 is 23.9 Å². The topological polar surface area (TPSA) is 134 Å². The Morgan fingerprint density at radius 2 is 1.63 bits per heavy atom. The Balaban J connectivity index is 1.59. The highest BCUT2D eigenvalue weighted by Gasteiger charge is 2.32. The maximum absolute atomic E-state index is 13.6. The number of hydrogen-bond donors (Lipinski definition) is 3. The number of unbranched alkanes of at least 4 members (excludes halogenated alkanes) is 1. The van der Waals surface area contributed by atoms with E-state index >= 15 is 0 Å². The molecular formula is C39H53N3O7. The molecule has 2 aromatic rings. The van der Waals surface area contributed by atoms with Gasteiger partial charge in [-0.25, -0.2) is 4.79 Å². The van der Waals surface area contributed by atoms with Crippen molar-refractivity contribution in [3.8, 4) is 0 Å². The average molecular weight is 676 g/mol. The summed E-state index contributed by atoms with van der Waals surface area (Å²) < 4.78 is 11.1. The maximum atomic E-state index is 13.6. The Hall–Kier alpha value is -4.44. The van der Waals surface area contributed by atoms with Crippen LogP contribution in [0.4, 0.5) is 4.79 Å². The normalized spacial score (nSPS) is 15.8. The molecule has 1 aliphatic heterocycles. The third kappa shape index (κ3) is 14.3. The van der Waals surface area contributed by atoms with Gasteiger partial charge in [0, 0.05) is 19.5 Å². The smallest absolute Gasteiger partial charge is 0.407 e. The Labute approximate surface area is 290 Å². The van der Waals surface area contributed by atoms with Gasteiger partial charge in [-0.2, -0.15) is 0 Å². The van der Waals surface area contributed by atoms with Gasteiger partial charge in [-0.3, -0.25) is 14.4 Å². The number of esters is 1. The van der Waals surface area contributed by atoms with Crippen molar-refractivity contribution in [2.24, 2.45) is 11.8 Å². The molecule has 3 rings (SSSR count). The molecule has 0 unspecified atom stereocenters. The molecule has 4 atom stereocenters. The van der Waals surface area contributed by atoms with Crippen molar-refractivity contribution in [2.45, 2.75) is 82.9 Å². The van der Waals surface area contributed by atoms with Crippen LogP contribution in [0.1, 0.15) is 68.9 Å². The molecule has 266 valence electrons. The minimum Gasteiger partial charge on any atom is -0.463 e. The van der Waals surface area contributed by atoms with Crippen LogP contribution in [0.5, 0.6) is 0 Å². The summed E-state index contributed by atoms with van der Waals surface area (Å²) in [6.45, 7) is 8.58. The number of amides is 3. The van der Waals surface area contributed by atoms with Crippen LogP contribution < -0.4 is 10.6 Å². The number of nitrogens with one attached hydrogen (secondary N) is 2. The first-order chi connectivity index (χ1) is 23.8. The molecule has 10 heteroatoms. The van der Waals surface area contributed by atoms with E-state index < -0.39 is 18.1 Å². The number of allylic oxidation sites excluding steroid dienone is 2. The molecule has 0 spiro atoms. The molecule has 0 aliphatic carbocycles. The number of likely N-dealkylation sites (tertiary alicyclic amines) is 1. The van der Waals surface area contributed by atoms with E-state index in [4.69, 9.17) is 9.47 Å². The molecule has 1 aliphatic rings. The fourth-order valence-electron chi connectivity index (χ4n) is 5.98. The number of aliphatic hydroxyl groups is 1. The number of hydrogen-bond acceptors (Lipinski definition) is 7. The largest absolute Gasteiger partial charge is 0.463 e. The molecular weight excluding hydrogens is 622 g/mol. The van der Waals surface area contributed by atoms with Crippen molar-refractivity contribution in [2.75, 3.05) is 26.3 Å². The van der Waals surface area contributed by atoms with Crippen molar-refractivity contribution in [1.82, 2.24) is 15.5 Å². The standard InChI is InChI=1S/C39H53N3O7/c1-3-5-20-33(25-30-16-8-6-9-17-30)38(46)48-29-34(21-12-13-23-40-39(47)49-28-31-18-10-7-11-19-31)41-37(45)32(15-4-2)26-36(44)42-24-14-22-35(42)27-43/h3-4,6-11,16-19,32-35,43H,1-2,5,12-15,20-29H2,(H,40,47)(H,41,45)/t32-,33+,34-,35-/m0/s1. The Kier molecular flexibility index (Phi) is 17.7. The lowest BCUT2D eigenvalue weighted by Crippen LogP contribution is -2.44. The van der Waals surface area contributed by atoms with E-state index in [0.717, 1.165) is 24.0 Å². The summed E-state index contributed by atoms with van der Waals surface area (Å²) in [5.74, 6) is -1.84. The van der Waals surface area contributed by atoms with Crippen LogP contribution in [0.15, 0.2) is 86.0 Å². The summed E-state index contributed by atoms with van der Waals surface area (Å²) in [6, 6.07) is 18.5. The number of aliphatic hydroxyl groups excluding tert-OH is 1. The number of carbonyl (C=O) groups excluding carboxylic acids is 4. The first-order valence-electron chi connectivity index (χ1n) is 17.4. The van der Waals surface area contributed by atoms with E-state index in [0.29, 0.717) is 58.0 Å². The monoisotopic (exact) mass is 675 g/mol. The summed E-state index contributed by atoms with van der Waals surface area (Å²) in [5, 5.41) is 15.5. The zero-order chi connectivity index (χ0) is 35.3. The fourth-order valence-corrected chi connectivity index (χ4v) is 5.98. The minimum atomic E-state index is -0.650. The zero-order valence-corrected chi connectivity index (χ0v) is 28.6. The van der Waals surface area contributed by atoms with Crippen molar-refractivity contribution in [3.05, 3.63) is 97.1 Å². The summed E-state index contributed by atoms with van der Waals surface area (Å²) in [4.78, 5) is 53.8. The van der Waals surface area contributed by atoms with E-state index in [2.05, 4.69) is 23.8 Å². The molecule has 1 saturated heterocycles. The maximum Gasteiger partial charge on any atom is 0.407 e. The quantitative estimate of drug-likeness (QED) is 0.0853. The summed E-state index contributed by atoms with van der Waals surface area (Å²) >= 11 is 0. The van der Waals surface area contributed by atoms with Crippen molar-refractivity contribution < 1.29 is 33.8 Å². The minimum absolute atomic E-state index is 0.00340. The van der Waals surface area contributed by atoms with Crippen LogP contribution in [0.25, 0.3) is 0 Å². The SMILES string of the molecule is C=CCC[C@H](Cc1ccccc1)C(=O)OC[C@H](CCCCNC(=O)OCc1ccccc1)NC(=O)[C@@H](CC=C)CC(=O)N1CCC[C@H]1CO. The highest BCUT2D eigenvalue weighted by Crippen LogP contribution is 2.22. The lowest BCUT2D eigenvalue weighted by molar-refractivity contribution is -0.150. The Morgan fingerprint density at radius 3 is 2.31 bits per heavy atom. The molecule has 0 radical (unpaired) electrons. The number of carbonyl (C=O) groups is 4. The first-order valence-corrected chi connectivity index (χ1v) is 17.4. The third-order valence-corrected chi connectivity index (χ3v) is 8.76. The number of rotatable bonds is 22. The molecule has 1 heterocycles. The number of benzene rings is 2. The lowest BCUT2D eigenvalue weighted by atomic mass is 9.95. The van der Waals surface area contributed by atoms with Gasteiger partial charge in [0.15, 0.2) is 0 Å². The second kappa shape index (κ2) is 22.2. The summed E-state index contributed by atoms with van der Waals surface area (Å²) in [7, 11) is 0. The van der Waals surface area contributed by atoms with Crippen molar-refractivity contribution in [1.29, 1.82) is 0 Å². The van der Waals surface area contributed by atoms with Crippen LogP contribution in [-0.4, -0.2) is 72.3 Å². The predicted molar refractivity (Wildman–Crippen MR) is 189 cm³/mol. The van der Waals surface area contributed by atoms with Gasteiger partial charge >= 0.3 is 12.1 Å². The molecule has 3 amide bonds. The van der Waals surface area contributed by atoms with E-state index in [9.17, 15) is 24.3 Å². The lowest BCUT2D eigenvalue weighted by Gasteiger charge is -2.26. The van der Waals surface area contributed by atoms with Crippen LogP contribution in [0.3, 0.4) is 0 Å². The van der Waals surface area contributed by atoms with Gasteiger partial charge in [-0.15, -0.1) is 13.2 Å². The number of alkyl carbamates (subject to hydrolysis) is 1. The van der Waals surface area contributed by atoms with Gasteiger partial charge in [-0.1, -0.05) is 72.8 Å². The van der Waals surface area contributed by atoms with E-state index in [1.165, 1.54) is 0 Å². The molecule has 1 fully saturated rings. The summed E-state index contributed by atoms with van der Waals surface area (Å²) in [6.07, 6.45) is 8.28. The first kappa shape index (κ1) is 39.0. The molecule has 0 bridgehead atoms. The van der Waals surface area contributed by atoms with E-state index in [-0.39, 0.29) is 56.0 Å². The van der Waals surface area contributed by atoms with Crippen LogP contribution in [0.2, 0.25) is 0 Å².